The van der Waals surface area contributed by atoms with E-state index in [1.165, 1.54) is 23.5 Å². The molecule has 0 spiro atoms. The number of alkyl halides is 3. The van der Waals surface area contributed by atoms with Crippen LogP contribution in [0.3, 0.4) is 0 Å². The molecule has 0 saturated carbocycles. The van der Waals surface area contributed by atoms with Gasteiger partial charge in [0.1, 0.15) is 16.6 Å². The molecule has 14 heteroatoms. The lowest BCUT2D eigenvalue weighted by Crippen LogP contribution is -2.17. The van der Waals surface area contributed by atoms with Crippen LogP contribution in [0, 0.1) is 5.95 Å². The van der Waals surface area contributed by atoms with E-state index in [2.05, 4.69) is 35.5 Å². The standard InChI is InChI=1S/C27H24F4N6O3S/c28-25-18(11-12-21(34-25)33-23(39)16-19-8-3-4-13-32-19)7-1-2-10-24-36-37-26(41-24)35-22(38)15-17-6-5-9-20(14-17)40-27(29,30)31/h3-6,8-9,11-14H,1-2,7,10,15-16H2,(H,33,34,39)(H,35,37,38). The number of hydrogen-bond acceptors (Lipinski definition) is 8. The Morgan fingerprint density at radius 3 is 2.46 bits per heavy atom. The number of nitrogens with zero attached hydrogens (tertiary/aromatic N) is 4. The molecule has 3 heterocycles. The first-order valence-electron chi connectivity index (χ1n) is 12.4. The molecule has 4 aromatic rings. The molecule has 4 rings (SSSR count). The van der Waals surface area contributed by atoms with Crippen molar-refractivity contribution in [1.29, 1.82) is 0 Å². The molecule has 9 nitrogen and oxygen atoms in total. The second-order valence-corrected chi connectivity index (χ2v) is 9.88. The second kappa shape index (κ2) is 13.7. The molecule has 41 heavy (non-hydrogen) atoms. The lowest BCUT2D eigenvalue weighted by Gasteiger charge is -2.09. The summed E-state index contributed by atoms with van der Waals surface area (Å²) in [4.78, 5) is 32.4. The fourth-order valence-corrected chi connectivity index (χ4v) is 4.57. The fraction of sp³-hybridized carbons (Fsp3) is 0.259. The van der Waals surface area contributed by atoms with Gasteiger partial charge >= 0.3 is 6.36 Å². The van der Waals surface area contributed by atoms with Gasteiger partial charge in [0.05, 0.1) is 12.8 Å². The topological polar surface area (TPSA) is 119 Å². The van der Waals surface area contributed by atoms with Crippen LogP contribution in [0.25, 0.3) is 0 Å². The van der Waals surface area contributed by atoms with Gasteiger partial charge in [-0.1, -0.05) is 35.6 Å². The Morgan fingerprint density at radius 1 is 0.902 bits per heavy atom. The number of aromatic nitrogens is 4. The number of amides is 2. The maximum absolute atomic E-state index is 14.5. The molecule has 0 aliphatic rings. The van der Waals surface area contributed by atoms with E-state index in [0.29, 0.717) is 47.5 Å². The van der Waals surface area contributed by atoms with Crippen molar-refractivity contribution in [2.45, 2.75) is 44.9 Å². The highest BCUT2D eigenvalue weighted by Crippen LogP contribution is 2.24. The normalized spacial score (nSPS) is 11.2. The molecule has 0 atom stereocenters. The summed E-state index contributed by atoms with van der Waals surface area (Å²) in [7, 11) is 0. The Hall–Kier alpha value is -4.46. The lowest BCUT2D eigenvalue weighted by molar-refractivity contribution is -0.274. The zero-order chi connectivity index (χ0) is 29.2. The summed E-state index contributed by atoms with van der Waals surface area (Å²) in [6.45, 7) is 0. The summed E-state index contributed by atoms with van der Waals surface area (Å²) in [5.41, 5.74) is 1.36. The van der Waals surface area contributed by atoms with Gasteiger partial charge in [0.15, 0.2) is 0 Å². The molecule has 0 fully saturated rings. The van der Waals surface area contributed by atoms with Crippen molar-refractivity contribution in [3.05, 3.63) is 88.6 Å². The third-order valence-corrected chi connectivity index (χ3v) is 6.46. The molecule has 0 aliphatic heterocycles. The predicted octanol–water partition coefficient (Wildman–Crippen LogP) is 5.29. The number of carbonyl (C=O) groups is 2. The number of benzene rings is 1. The number of nitrogens with one attached hydrogen (secondary N) is 2. The van der Waals surface area contributed by atoms with Gasteiger partial charge < -0.3 is 15.4 Å². The molecule has 2 amide bonds. The zero-order valence-electron chi connectivity index (χ0n) is 21.4. The van der Waals surface area contributed by atoms with Crippen molar-refractivity contribution in [2.75, 3.05) is 10.6 Å². The molecule has 0 radical (unpaired) electrons. The Balaban J connectivity index is 1.18. The first kappa shape index (κ1) is 29.5. The van der Waals surface area contributed by atoms with Gasteiger partial charge in [0, 0.05) is 23.9 Å². The Bertz CT molecular complexity index is 1480. The van der Waals surface area contributed by atoms with Crippen LogP contribution in [0.5, 0.6) is 5.75 Å². The third kappa shape index (κ3) is 9.90. The van der Waals surface area contributed by atoms with Crippen LogP contribution >= 0.6 is 11.3 Å². The maximum atomic E-state index is 14.5. The van der Waals surface area contributed by atoms with E-state index >= 15 is 0 Å². The predicted molar refractivity (Wildman–Crippen MR) is 143 cm³/mol. The Labute approximate surface area is 236 Å². The third-order valence-electron chi connectivity index (χ3n) is 5.56. The van der Waals surface area contributed by atoms with Gasteiger partial charge in [-0.15, -0.1) is 23.4 Å². The van der Waals surface area contributed by atoms with Crippen molar-refractivity contribution in [1.82, 2.24) is 20.2 Å². The molecule has 0 unspecified atom stereocenters. The van der Waals surface area contributed by atoms with Gasteiger partial charge in [0.25, 0.3) is 0 Å². The minimum Gasteiger partial charge on any atom is -0.406 e. The molecule has 0 saturated heterocycles. The van der Waals surface area contributed by atoms with E-state index in [0.717, 1.165) is 12.1 Å². The second-order valence-electron chi connectivity index (χ2n) is 8.82. The summed E-state index contributed by atoms with van der Waals surface area (Å²) in [6.07, 6.45) is -1.04. The minimum atomic E-state index is -4.82. The average molecular weight is 589 g/mol. The summed E-state index contributed by atoms with van der Waals surface area (Å²) >= 11 is 1.18. The van der Waals surface area contributed by atoms with E-state index < -0.39 is 24.0 Å². The smallest absolute Gasteiger partial charge is 0.406 e. The zero-order valence-corrected chi connectivity index (χ0v) is 22.3. The van der Waals surface area contributed by atoms with E-state index in [9.17, 15) is 27.2 Å². The highest BCUT2D eigenvalue weighted by molar-refractivity contribution is 7.15. The Kier molecular flexibility index (Phi) is 9.90. The molecule has 214 valence electrons. The van der Waals surface area contributed by atoms with Crippen LogP contribution in [0.4, 0.5) is 28.5 Å². The number of anilines is 2. The van der Waals surface area contributed by atoms with E-state index in [1.54, 1.807) is 36.5 Å². The van der Waals surface area contributed by atoms with Gasteiger partial charge in [-0.25, -0.2) is 4.98 Å². The van der Waals surface area contributed by atoms with Crippen LogP contribution in [0.2, 0.25) is 0 Å². The molecule has 0 aliphatic carbocycles. The van der Waals surface area contributed by atoms with Crippen LogP contribution in [0.15, 0.2) is 60.8 Å². The fourth-order valence-electron chi connectivity index (χ4n) is 3.77. The van der Waals surface area contributed by atoms with E-state index in [1.807, 2.05) is 0 Å². The van der Waals surface area contributed by atoms with E-state index in [4.69, 9.17) is 0 Å². The van der Waals surface area contributed by atoms with Crippen molar-refractivity contribution in [3.8, 4) is 5.75 Å². The van der Waals surface area contributed by atoms with Crippen molar-refractivity contribution in [2.24, 2.45) is 0 Å². The molecule has 2 N–H and O–H groups in total. The lowest BCUT2D eigenvalue weighted by atomic mass is 10.1. The van der Waals surface area contributed by atoms with Crippen molar-refractivity contribution < 1.29 is 31.9 Å². The number of carbonyl (C=O) groups excluding carboxylic acids is 2. The average Bonchev–Trinajstić information content (AvgIpc) is 3.34. The SMILES string of the molecule is O=C(Cc1ccccn1)Nc1ccc(CCCCc2nnc(NC(=O)Cc3cccc(OC(F)(F)F)c3)s2)c(F)n1. The highest BCUT2D eigenvalue weighted by atomic mass is 32.1. The number of hydrogen-bond donors (Lipinski definition) is 2. The number of rotatable bonds is 12. The molecule has 0 bridgehead atoms. The maximum Gasteiger partial charge on any atom is 0.573 e. The summed E-state index contributed by atoms with van der Waals surface area (Å²) in [5.74, 6) is -1.75. The van der Waals surface area contributed by atoms with Gasteiger partial charge in [-0.2, -0.15) is 4.39 Å². The molecular weight excluding hydrogens is 564 g/mol. The van der Waals surface area contributed by atoms with Crippen molar-refractivity contribution in [3.63, 3.8) is 0 Å². The van der Waals surface area contributed by atoms with Crippen LogP contribution in [0.1, 0.15) is 34.7 Å². The first-order valence-corrected chi connectivity index (χ1v) is 13.3. The van der Waals surface area contributed by atoms with Gasteiger partial charge in [-0.05, 0) is 55.2 Å². The number of pyridine rings is 2. The van der Waals surface area contributed by atoms with Gasteiger partial charge in [-0.3, -0.25) is 14.6 Å². The monoisotopic (exact) mass is 588 g/mol. The van der Waals surface area contributed by atoms with Crippen LogP contribution < -0.4 is 15.4 Å². The quantitative estimate of drug-likeness (QED) is 0.131. The summed E-state index contributed by atoms with van der Waals surface area (Å²) < 4.78 is 55.5. The van der Waals surface area contributed by atoms with Gasteiger partial charge in [0.2, 0.25) is 22.9 Å². The number of halogens is 4. The largest absolute Gasteiger partial charge is 0.573 e. The highest BCUT2D eigenvalue weighted by Gasteiger charge is 2.31. The number of ether oxygens (including phenoxy) is 1. The molecular formula is C27H24F4N6O3S. The summed E-state index contributed by atoms with van der Waals surface area (Å²) in [6, 6.07) is 13.6. The first-order chi connectivity index (χ1) is 19.6. The van der Waals surface area contributed by atoms with E-state index in [-0.39, 0.29) is 29.7 Å². The minimum absolute atomic E-state index is 0.0531. The number of aryl methyl sites for hydroxylation is 2. The van der Waals surface area contributed by atoms with Crippen LogP contribution in [-0.4, -0.2) is 38.3 Å². The van der Waals surface area contributed by atoms with Crippen molar-refractivity contribution >= 4 is 34.1 Å². The Morgan fingerprint density at radius 2 is 1.71 bits per heavy atom. The van der Waals surface area contributed by atoms with Crippen LogP contribution in [-0.2, 0) is 35.3 Å². The molecule has 1 aromatic carbocycles. The summed E-state index contributed by atoms with van der Waals surface area (Å²) in [5, 5.41) is 14.1. The number of unbranched alkanes of at least 4 members (excludes halogenated alkanes) is 1. The molecule has 3 aromatic heterocycles.